The van der Waals surface area contributed by atoms with Crippen LogP contribution in [-0.4, -0.2) is 0 Å². The average molecular weight is 271 g/mol. The molecule has 18 heavy (non-hydrogen) atoms. The van der Waals surface area contributed by atoms with Gasteiger partial charge in [-0.3, -0.25) is 0 Å². The first-order valence-electron chi connectivity index (χ1n) is 5.32. The molecule has 2 aromatic carbocycles. The van der Waals surface area contributed by atoms with Crippen LogP contribution in [0.3, 0.4) is 0 Å². The van der Waals surface area contributed by atoms with Gasteiger partial charge in [0, 0.05) is 5.02 Å². The van der Waals surface area contributed by atoms with E-state index in [1.807, 2.05) is 13.0 Å². The first-order chi connectivity index (χ1) is 8.38. The van der Waals surface area contributed by atoms with E-state index in [-0.39, 0.29) is 0 Å². The van der Waals surface area contributed by atoms with Gasteiger partial charge in [0.05, 0.1) is 5.56 Å². The fraction of sp³-hybridized carbons (Fsp3) is 0.143. The monoisotopic (exact) mass is 270 g/mol. The van der Waals surface area contributed by atoms with Gasteiger partial charge in [0.25, 0.3) is 0 Å². The molecule has 0 amide bonds. The fourth-order valence-corrected chi connectivity index (χ4v) is 1.79. The molecule has 0 radical (unpaired) electrons. The van der Waals surface area contributed by atoms with Crippen molar-refractivity contribution in [3.05, 3.63) is 58.6 Å². The van der Waals surface area contributed by atoms with Crippen molar-refractivity contribution in [1.29, 1.82) is 0 Å². The highest BCUT2D eigenvalue weighted by Crippen LogP contribution is 2.31. The van der Waals surface area contributed by atoms with Gasteiger partial charge in [-0.05, 0) is 47.9 Å². The standard InChI is InChI=1S/C14H10ClF3/c1-9-8-11(4-7-13(9)15)10-2-5-12(6-3-10)14(16,17)18/h2-8H,1H3. The lowest BCUT2D eigenvalue weighted by Crippen LogP contribution is -2.03. The van der Waals surface area contributed by atoms with Crippen LogP contribution < -0.4 is 0 Å². The fourth-order valence-electron chi connectivity index (χ4n) is 1.68. The summed E-state index contributed by atoms with van der Waals surface area (Å²) in [4.78, 5) is 0. The molecule has 0 atom stereocenters. The number of hydrogen-bond acceptors (Lipinski definition) is 0. The van der Waals surface area contributed by atoms with Crippen LogP contribution >= 0.6 is 11.6 Å². The molecule has 4 heteroatoms. The van der Waals surface area contributed by atoms with E-state index in [9.17, 15) is 13.2 Å². The predicted molar refractivity (Wildman–Crippen MR) is 66.6 cm³/mol. The van der Waals surface area contributed by atoms with Crippen LogP contribution in [0.15, 0.2) is 42.5 Å². The highest BCUT2D eigenvalue weighted by atomic mass is 35.5. The second-order valence-corrected chi connectivity index (χ2v) is 4.45. The van der Waals surface area contributed by atoms with Crippen molar-refractivity contribution >= 4 is 11.6 Å². The molecule has 0 spiro atoms. The summed E-state index contributed by atoms with van der Waals surface area (Å²) in [7, 11) is 0. The molecule has 2 rings (SSSR count). The van der Waals surface area contributed by atoms with Crippen molar-refractivity contribution in [2.24, 2.45) is 0 Å². The van der Waals surface area contributed by atoms with Crippen LogP contribution in [-0.2, 0) is 6.18 Å². The van der Waals surface area contributed by atoms with Crippen molar-refractivity contribution in [1.82, 2.24) is 0 Å². The van der Waals surface area contributed by atoms with E-state index in [1.165, 1.54) is 12.1 Å². The highest BCUT2D eigenvalue weighted by Gasteiger charge is 2.29. The van der Waals surface area contributed by atoms with Gasteiger partial charge in [-0.25, -0.2) is 0 Å². The molecular formula is C14H10ClF3. The van der Waals surface area contributed by atoms with Crippen molar-refractivity contribution in [3.63, 3.8) is 0 Å². The Morgan fingerprint density at radius 2 is 1.44 bits per heavy atom. The van der Waals surface area contributed by atoms with Crippen LogP contribution in [0.25, 0.3) is 11.1 Å². The average Bonchev–Trinajstić information content (AvgIpc) is 2.32. The first-order valence-corrected chi connectivity index (χ1v) is 5.69. The van der Waals surface area contributed by atoms with Gasteiger partial charge in [0.2, 0.25) is 0 Å². The van der Waals surface area contributed by atoms with E-state index >= 15 is 0 Å². The van der Waals surface area contributed by atoms with Crippen LogP contribution in [0.1, 0.15) is 11.1 Å². The zero-order chi connectivity index (χ0) is 13.3. The zero-order valence-corrected chi connectivity index (χ0v) is 10.3. The molecule has 0 fully saturated rings. The van der Waals surface area contributed by atoms with Crippen molar-refractivity contribution in [2.75, 3.05) is 0 Å². The minimum Gasteiger partial charge on any atom is -0.166 e. The number of hydrogen-bond donors (Lipinski definition) is 0. The Morgan fingerprint density at radius 1 is 0.889 bits per heavy atom. The maximum Gasteiger partial charge on any atom is 0.416 e. The predicted octanol–water partition coefficient (Wildman–Crippen LogP) is 5.33. The van der Waals surface area contributed by atoms with E-state index in [0.29, 0.717) is 5.02 Å². The number of halogens is 4. The SMILES string of the molecule is Cc1cc(-c2ccc(C(F)(F)F)cc2)ccc1Cl. The molecule has 94 valence electrons. The van der Waals surface area contributed by atoms with Gasteiger partial charge < -0.3 is 0 Å². The Hall–Kier alpha value is -1.48. The molecule has 0 bridgehead atoms. The van der Waals surface area contributed by atoms with Gasteiger partial charge >= 0.3 is 6.18 Å². The molecule has 0 aliphatic rings. The molecule has 0 saturated carbocycles. The summed E-state index contributed by atoms with van der Waals surface area (Å²) in [5.74, 6) is 0. The van der Waals surface area contributed by atoms with E-state index in [1.54, 1.807) is 12.1 Å². The topological polar surface area (TPSA) is 0 Å². The van der Waals surface area contributed by atoms with E-state index in [2.05, 4.69) is 0 Å². The number of aryl methyl sites for hydroxylation is 1. The smallest absolute Gasteiger partial charge is 0.166 e. The van der Waals surface area contributed by atoms with Crippen molar-refractivity contribution < 1.29 is 13.2 Å². The van der Waals surface area contributed by atoms with Crippen LogP contribution in [0.4, 0.5) is 13.2 Å². The zero-order valence-electron chi connectivity index (χ0n) is 9.55. The van der Waals surface area contributed by atoms with Gasteiger partial charge in [-0.2, -0.15) is 13.2 Å². The summed E-state index contributed by atoms with van der Waals surface area (Å²) in [6.07, 6.45) is -4.30. The molecule has 0 heterocycles. The molecular weight excluding hydrogens is 261 g/mol. The lowest BCUT2D eigenvalue weighted by atomic mass is 10.0. The number of alkyl halides is 3. The van der Waals surface area contributed by atoms with Gasteiger partial charge in [-0.1, -0.05) is 29.8 Å². The lowest BCUT2D eigenvalue weighted by molar-refractivity contribution is -0.137. The molecule has 0 aliphatic carbocycles. The Balaban J connectivity index is 2.37. The van der Waals surface area contributed by atoms with Gasteiger partial charge in [-0.15, -0.1) is 0 Å². The molecule has 0 nitrogen and oxygen atoms in total. The summed E-state index contributed by atoms with van der Waals surface area (Å²) >= 11 is 5.90. The second-order valence-electron chi connectivity index (χ2n) is 4.04. The Kier molecular flexibility index (Phi) is 3.35. The lowest BCUT2D eigenvalue weighted by Gasteiger charge is -2.08. The second kappa shape index (κ2) is 4.65. The minimum absolute atomic E-state index is 0.642. The quantitative estimate of drug-likeness (QED) is 0.657. The maximum absolute atomic E-state index is 12.4. The molecule has 0 saturated heterocycles. The highest BCUT2D eigenvalue weighted by molar-refractivity contribution is 6.31. The normalized spacial score (nSPS) is 11.6. The number of benzene rings is 2. The summed E-state index contributed by atoms with van der Waals surface area (Å²) in [5, 5.41) is 0.644. The van der Waals surface area contributed by atoms with Crippen LogP contribution in [0.2, 0.25) is 5.02 Å². The third-order valence-corrected chi connectivity index (χ3v) is 3.13. The van der Waals surface area contributed by atoms with E-state index < -0.39 is 11.7 Å². The van der Waals surface area contributed by atoms with Crippen LogP contribution in [0, 0.1) is 6.92 Å². The molecule has 0 aliphatic heterocycles. The largest absolute Gasteiger partial charge is 0.416 e. The first kappa shape index (κ1) is 13.0. The summed E-state index contributed by atoms with van der Waals surface area (Å²) < 4.78 is 37.3. The van der Waals surface area contributed by atoms with Crippen molar-refractivity contribution in [3.8, 4) is 11.1 Å². The summed E-state index contributed by atoms with van der Waals surface area (Å²) in [6, 6.07) is 10.5. The number of rotatable bonds is 1. The van der Waals surface area contributed by atoms with Gasteiger partial charge in [0.15, 0.2) is 0 Å². The third-order valence-electron chi connectivity index (χ3n) is 2.70. The molecule has 0 aromatic heterocycles. The summed E-state index contributed by atoms with van der Waals surface area (Å²) in [5.41, 5.74) is 1.85. The Morgan fingerprint density at radius 3 is 1.94 bits per heavy atom. The maximum atomic E-state index is 12.4. The Bertz CT molecular complexity index is 556. The molecule has 2 aromatic rings. The third kappa shape index (κ3) is 2.67. The van der Waals surface area contributed by atoms with Crippen LogP contribution in [0.5, 0.6) is 0 Å². The summed E-state index contributed by atoms with van der Waals surface area (Å²) in [6.45, 7) is 1.86. The van der Waals surface area contributed by atoms with Crippen molar-refractivity contribution in [2.45, 2.75) is 13.1 Å². The molecule has 0 unspecified atom stereocenters. The van der Waals surface area contributed by atoms with Gasteiger partial charge in [0.1, 0.15) is 0 Å². The van der Waals surface area contributed by atoms with E-state index in [4.69, 9.17) is 11.6 Å². The molecule has 0 N–H and O–H groups in total. The van der Waals surface area contributed by atoms with E-state index in [0.717, 1.165) is 28.8 Å². The minimum atomic E-state index is -4.30. The Labute approximate surface area is 108 Å².